The number of aryl methyl sites for hydroxylation is 3. The molecule has 0 spiro atoms. The quantitative estimate of drug-likeness (QED) is 0.597. The van der Waals surface area contributed by atoms with Gasteiger partial charge < -0.3 is 9.73 Å². The first-order chi connectivity index (χ1) is 14.0. The molecule has 2 heterocycles. The van der Waals surface area contributed by atoms with E-state index >= 15 is 0 Å². The Labute approximate surface area is 176 Å². The molecule has 0 radical (unpaired) electrons. The van der Waals surface area contributed by atoms with Crippen molar-refractivity contribution in [2.75, 3.05) is 19.6 Å². The Balaban J connectivity index is 1.59. The first-order valence-corrected chi connectivity index (χ1v) is 10.6. The predicted molar refractivity (Wildman–Crippen MR) is 118 cm³/mol. The first kappa shape index (κ1) is 20.0. The second-order valence-electron chi connectivity index (χ2n) is 8.00. The maximum atomic E-state index is 13.0. The van der Waals surface area contributed by atoms with Gasteiger partial charge in [0.25, 0.3) is 5.91 Å². The highest BCUT2D eigenvalue weighted by Gasteiger charge is 2.27. The molecule has 1 saturated heterocycles. The average Bonchev–Trinajstić information content (AvgIpc) is 3.31. The van der Waals surface area contributed by atoms with Crippen LogP contribution in [0.3, 0.4) is 0 Å². The summed E-state index contributed by atoms with van der Waals surface area (Å²) in [5.74, 6) is 0.222. The summed E-state index contributed by atoms with van der Waals surface area (Å²) in [5, 5.41) is 4.88. The fraction of sp³-hybridized carbons (Fsp3) is 0.375. The Kier molecular flexibility index (Phi) is 5.66. The number of furan rings is 1. The Hall–Kier alpha value is -2.30. The van der Waals surface area contributed by atoms with Crippen LogP contribution in [-0.2, 0) is 0 Å². The summed E-state index contributed by atoms with van der Waals surface area (Å²) in [5.41, 5.74) is 4.98. The van der Waals surface area contributed by atoms with Crippen LogP contribution in [0.25, 0.3) is 11.0 Å². The van der Waals surface area contributed by atoms with Crippen LogP contribution in [0.2, 0.25) is 5.02 Å². The minimum absolute atomic E-state index is 0.0591. The number of hydrogen-bond donors (Lipinski definition) is 1. The van der Waals surface area contributed by atoms with E-state index in [1.165, 1.54) is 12.8 Å². The molecule has 2 aromatic carbocycles. The van der Waals surface area contributed by atoms with Crippen molar-refractivity contribution in [2.45, 2.75) is 39.7 Å². The molecular formula is C24H27ClN2O2. The summed E-state index contributed by atoms with van der Waals surface area (Å²) in [4.78, 5) is 15.4. The van der Waals surface area contributed by atoms with Crippen LogP contribution in [0, 0.1) is 20.8 Å². The number of rotatable bonds is 5. The third kappa shape index (κ3) is 3.92. The van der Waals surface area contributed by atoms with E-state index in [2.05, 4.69) is 29.3 Å². The fourth-order valence-electron chi connectivity index (χ4n) is 4.51. The molecule has 0 aliphatic carbocycles. The van der Waals surface area contributed by atoms with Gasteiger partial charge in [0.2, 0.25) is 0 Å². The summed E-state index contributed by atoms with van der Waals surface area (Å²) >= 11 is 6.48. The number of hydrogen-bond acceptors (Lipinski definition) is 3. The maximum Gasteiger partial charge on any atom is 0.287 e. The van der Waals surface area contributed by atoms with Crippen molar-refractivity contribution in [2.24, 2.45) is 0 Å². The number of fused-ring (bicyclic) bond motifs is 1. The maximum absolute atomic E-state index is 13.0. The minimum Gasteiger partial charge on any atom is -0.451 e. The molecule has 5 heteroatoms. The highest BCUT2D eigenvalue weighted by Crippen LogP contribution is 2.31. The number of nitrogens with one attached hydrogen (secondary N) is 1. The number of nitrogens with zero attached hydrogens (tertiary/aromatic N) is 1. The zero-order chi connectivity index (χ0) is 20.5. The number of amides is 1. The van der Waals surface area contributed by atoms with Gasteiger partial charge in [-0.1, -0.05) is 35.9 Å². The molecule has 29 heavy (non-hydrogen) atoms. The molecule has 0 saturated carbocycles. The van der Waals surface area contributed by atoms with Crippen molar-refractivity contribution < 1.29 is 9.21 Å². The Morgan fingerprint density at radius 2 is 1.90 bits per heavy atom. The van der Waals surface area contributed by atoms with Gasteiger partial charge in [0, 0.05) is 22.5 Å². The van der Waals surface area contributed by atoms with Gasteiger partial charge in [-0.25, -0.2) is 0 Å². The zero-order valence-corrected chi connectivity index (χ0v) is 18.0. The van der Waals surface area contributed by atoms with Gasteiger partial charge in [-0.2, -0.15) is 0 Å². The van der Waals surface area contributed by atoms with Crippen LogP contribution in [0.5, 0.6) is 0 Å². The third-order valence-electron chi connectivity index (χ3n) is 5.88. The standard InChI is InChI=1S/C24H27ClN2O2/c1-15-12-16(2)22-17(3)23(29-21(22)13-15)24(28)26-14-20(27-10-6-7-11-27)18-8-4-5-9-19(18)25/h4-5,8-9,12-13,20H,6-7,10-11,14H2,1-3H3,(H,26,28)/t20-/m1/s1. The monoisotopic (exact) mass is 410 g/mol. The predicted octanol–water partition coefficient (Wildman–Crippen LogP) is 5.58. The molecule has 4 rings (SSSR count). The van der Waals surface area contributed by atoms with Crippen LogP contribution in [0.15, 0.2) is 40.8 Å². The normalized spacial score (nSPS) is 15.7. The van der Waals surface area contributed by atoms with E-state index in [1.54, 1.807) is 0 Å². The second kappa shape index (κ2) is 8.21. The van der Waals surface area contributed by atoms with E-state index in [0.717, 1.165) is 51.3 Å². The van der Waals surface area contributed by atoms with Crippen molar-refractivity contribution in [3.05, 3.63) is 69.4 Å². The molecule has 0 unspecified atom stereocenters. The van der Waals surface area contributed by atoms with Crippen LogP contribution in [0.1, 0.15) is 51.7 Å². The topological polar surface area (TPSA) is 45.5 Å². The van der Waals surface area contributed by atoms with Gasteiger partial charge in [-0.3, -0.25) is 9.69 Å². The van der Waals surface area contributed by atoms with Gasteiger partial charge >= 0.3 is 0 Å². The number of carbonyl (C=O) groups is 1. The van der Waals surface area contributed by atoms with E-state index in [4.69, 9.17) is 16.0 Å². The molecule has 1 aromatic heterocycles. The van der Waals surface area contributed by atoms with Gasteiger partial charge in [-0.05, 0) is 75.5 Å². The lowest BCUT2D eigenvalue weighted by atomic mass is 10.0. The molecule has 1 amide bonds. The van der Waals surface area contributed by atoms with Crippen molar-refractivity contribution >= 4 is 28.5 Å². The van der Waals surface area contributed by atoms with Crippen molar-refractivity contribution in [3.8, 4) is 0 Å². The molecule has 0 bridgehead atoms. The summed E-state index contributed by atoms with van der Waals surface area (Å²) in [6.45, 7) is 8.59. The highest BCUT2D eigenvalue weighted by molar-refractivity contribution is 6.31. The second-order valence-corrected chi connectivity index (χ2v) is 8.41. The summed E-state index contributed by atoms with van der Waals surface area (Å²) in [6.07, 6.45) is 2.35. The summed E-state index contributed by atoms with van der Waals surface area (Å²) in [6, 6.07) is 12.1. The van der Waals surface area contributed by atoms with Crippen LogP contribution < -0.4 is 5.32 Å². The lowest BCUT2D eigenvalue weighted by Gasteiger charge is -2.28. The molecule has 1 fully saturated rings. The fourth-order valence-corrected chi connectivity index (χ4v) is 4.77. The number of likely N-dealkylation sites (tertiary alicyclic amines) is 1. The average molecular weight is 411 g/mol. The minimum atomic E-state index is -0.174. The van der Waals surface area contributed by atoms with E-state index in [9.17, 15) is 4.79 Å². The lowest BCUT2D eigenvalue weighted by molar-refractivity contribution is 0.0911. The van der Waals surface area contributed by atoms with Crippen LogP contribution >= 0.6 is 11.6 Å². The van der Waals surface area contributed by atoms with Crippen molar-refractivity contribution in [1.29, 1.82) is 0 Å². The first-order valence-electron chi connectivity index (χ1n) is 10.2. The Morgan fingerprint density at radius 1 is 1.17 bits per heavy atom. The van der Waals surface area contributed by atoms with Gasteiger partial charge in [-0.15, -0.1) is 0 Å². The smallest absolute Gasteiger partial charge is 0.287 e. The highest BCUT2D eigenvalue weighted by atomic mass is 35.5. The van der Waals surface area contributed by atoms with E-state index in [-0.39, 0.29) is 11.9 Å². The Bertz CT molecular complexity index is 1050. The largest absolute Gasteiger partial charge is 0.451 e. The van der Waals surface area contributed by atoms with E-state index < -0.39 is 0 Å². The molecule has 1 N–H and O–H groups in total. The number of halogens is 1. The molecule has 1 aliphatic rings. The van der Waals surface area contributed by atoms with E-state index in [0.29, 0.717) is 12.3 Å². The van der Waals surface area contributed by atoms with E-state index in [1.807, 2.05) is 38.1 Å². The summed E-state index contributed by atoms with van der Waals surface area (Å²) < 4.78 is 5.96. The molecule has 1 aliphatic heterocycles. The van der Waals surface area contributed by atoms with Crippen molar-refractivity contribution in [3.63, 3.8) is 0 Å². The molecule has 1 atom stereocenters. The van der Waals surface area contributed by atoms with Crippen LogP contribution in [-0.4, -0.2) is 30.4 Å². The summed E-state index contributed by atoms with van der Waals surface area (Å²) in [7, 11) is 0. The van der Waals surface area contributed by atoms with Crippen LogP contribution in [0.4, 0.5) is 0 Å². The zero-order valence-electron chi connectivity index (χ0n) is 17.2. The molecule has 152 valence electrons. The van der Waals surface area contributed by atoms with Gasteiger partial charge in [0.05, 0.1) is 6.04 Å². The number of carbonyl (C=O) groups excluding carboxylic acids is 1. The molecule has 3 aromatic rings. The SMILES string of the molecule is Cc1cc(C)c2c(C)c(C(=O)NC[C@H](c3ccccc3Cl)N3CCCC3)oc2c1. The number of benzene rings is 2. The molecule has 4 nitrogen and oxygen atoms in total. The Morgan fingerprint density at radius 3 is 2.62 bits per heavy atom. The molecular weight excluding hydrogens is 384 g/mol. The van der Waals surface area contributed by atoms with Gasteiger partial charge in [0.1, 0.15) is 5.58 Å². The van der Waals surface area contributed by atoms with Crippen molar-refractivity contribution in [1.82, 2.24) is 10.2 Å². The van der Waals surface area contributed by atoms with Gasteiger partial charge in [0.15, 0.2) is 5.76 Å². The lowest BCUT2D eigenvalue weighted by Crippen LogP contribution is -2.37. The third-order valence-corrected chi connectivity index (χ3v) is 6.22.